The molecule has 0 fully saturated rings. The van der Waals surface area contributed by atoms with Gasteiger partial charge >= 0.3 is 0 Å². The van der Waals surface area contributed by atoms with E-state index in [0.29, 0.717) is 17.1 Å². The molecule has 0 saturated heterocycles. The van der Waals surface area contributed by atoms with Crippen LogP contribution in [0.4, 0.5) is 4.39 Å². The van der Waals surface area contributed by atoms with Crippen molar-refractivity contribution in [1.82, 2.24) is 4.90 Å². The molecule has 34 heavy (non-hydrogen) atoms. The van der Waals surface area contributed by atoms with Crippen molar-refractivity contribution in [2.24, 2.45) is 0 Å². The predicted octanol–water partition coefficient (Wildman–Crippen LogP) is 6.38. The molecule has 2 heterocycles. The number of benzene rings is 3. The summed E-state index contributed by atoms with van der Waals surface area (Å²) in [7, 11) is 4.98. The third-order valence-electron chi connectivity index (χ3n) is 6.77. The van der Waals surface area contributed by atoms with Crippen molar-refractivity contribution in [1.29, 1.82) is 0 Å². The molecule has 0 radical (unpaired) electrons. The average molecular weight is 462 g/mol. The second-order valence-electron chi connectivity index (χ2n) is 8.59. The van der Waals surface area contributed by atoms with Crippen LogP contribution < -0.4 is 14.2 Å². The van der Waals surface area contributed by atoms with Crippen LogP contribution in [-0.2, 0) is 13.0 Å². The standard InChI is InChI=1S/C28H28FNO4/c1-17-22-14-27(33-4)26(32-3)13-19(22)11-12-30(17)16-20-7-10-24(31-2)28-23(20)15-25(34-28)18-5-8-21(29)9-6-18/h5-10,13-15,17H,11-12,16H2,1-4H3. The van der Waals surface area contributed by atoms with E-state index >= 15 is 0 Å². The number of nitrogens with zero attached hydrogens (tertiary/aromatic N) is 1. The SMILES string of the molecule is COc1cc2c(cc1OC)C(C)N(Cc1ccc(OC)c3oc(-c4ccc(F)cc4)cc13)CC2. The molecule has 6 heteroatoms. The molecule has 0 bridgehead atoms. The van der Waals surface area contributed by atoms with Crippen LogP contribution in [0.1, 0.15) is 29.7 Å². The molecule has 0 aliphatic carbocycles. The highest BCUT2D eigenvalue weighted by Crippen LogP contribution is 2.40. The van der Waals surface area contributed by atoms with Crippen LogP contribution in [-0.4, -0.2) is 32.8 Å². The van der Waals surface area contributed by atoms with Crippen molar-refractivity contribution in [2.45, 2.75) is 25.9 Å². The molecule has 4 aromatic rings. The first kappa shape index (κ1) is 22.3. The van der Waals surface area contributed by atoms with Crippen LogP contribution in [0, 0.1) is 5.82 Å². The van der Waals surface area contributed by atoms with Gasteiger partial charge in [0.2, 0.25) is 0 Å². The van der Waals surface area contributed by atoms with Crippen molar-refractivity contribution in [3.05, 3.63) is 77.1 Å². The predicted molar refractivity (Wildman–Crippen MR) is 130 cm³/mol. The highest BCUT2D eigenvalue weighted by molar-refractivity contribution is 5.90. The number of rotatable bonds is 6. The maximum absolute atomic E-state index is 13.4. The summed E-state index contributed by atoms with van der Waals surface area (Å²) in [5, 5.41) is 1.00. The third kappa shape index (κ3) is 3.88. The maximum atomic E-state index is 13.4. The molecule has 1 unspecified atom stereocenters. The van der Waals surface area contributed by atoms with Gasteiger partial charge in [-0.2, -0.15) is 0 Å². The van der Waals surface area contributed by atoms with Crippen molar-refractivity contribution < 1.29 is 23.0 Å². The van der Waals surface area contributed by atoms with Gasteiger partial charge in [0.1, 0.15) is 11.6 Å². The molecule has 0 N–H and O–H groups in total. The number of methoxy groups -OCH3 is 3. The van der Waals surface area contributed by atoms with Gasteiger partial charge in [0.25, 0.3) is 0 Å². The van der Waals surface area contributed by atoms with Crippen LogP contribution in [0.15, 0.2) is 59.0 Å². The van der Waals surface area contributed by atoms with Gasteiger partial charge in [-0.1, -0.05) is 6.07 Å². The molecule has 0 spiro atoms. The Morgan fingerprint density at radius 3 is 2.32 bits per heavy atom. The fourth-order valence-electron chi connectivity index (χ4n) is 4.84. The first-order valence-corrected chi connectivity index (χ1v) is 11.4. The van der Waals surface area contributed by atoms with Crippen molar-refractivity contribution >= 4 is 11.0 Å². The molecule has 5 rings (SSSR count). The van der Waals surface area contributed by atoms with Gasteiger partial charge in [0.15, 0.2) is 22.8 Å². The Kier molecular flexibility index (Phi) is 5.92. The zero-order valence-electron chi connectivity index (χ0n) is 19.9. The zero-order valence-corrected chi connectivity index (χ0v) is 19.9. The second-order valence-corrected chi connectivity index (χ2v) is 8.59. The summed E-state index contributed by atoms with van der Waals surface area (Å²) in [6.07, 6.45) is 0.936. The number of halogens is 1. The number of fused-ring (bicyclic) bond motifs is 2. The summed E-state index contributed by atoms with van der Waals surface area (Å²) in [4.78, 5) is 2.46. The van der Waals surface area contributed by atoms with Gasteiger partial charge in [0, 0.05) is 30.1 Å². The van der Waals surface area contributed by atoms with E-state index in [4.69, 9.17) is 18.6 Å². The quantitative estimate of drug-likeness (QED) is 0.333. The van der Waals surface area contributed by atoms with Gasteiger partial charge < -0.3 is 18.6 Å². The van der Waals surface area contributed by atoms with Gasteiger partial charge in [-0.05, 0) is 78.6 Å². The first-order valence-electron chi connectivity index (χ1n) is 11.4. The topological polar surface area (TPSA) is 44.1 Å². The Morgan fingerprint density at radius 1 is 0.912 bits per heavy atom. The Hall–Kier alpha value is -3.51. The minimum atomic E-state index is -0.272. The van der Waals surface area contributed by atoms with E-state index in [1.807, 2.05) is 12.1 Å². The summed E-state index contributed by atoms with van der Waals surface area (Å²) in [6, 6.07) is 16.8. The van der Waals surface area contributed by atoms with Gasteiger partial charge in [0.05, 0.1) is 21.3 Å². The Labute approximate surface area is 198 Å². The van der Waals surface area contributed by atoms with E-state index in [1.54, 1.807) is 33.5 Å². The second kappa shape index (κ2) is 9.03. The Balaban J connectivity index is 1.50. The fraction of sp³-hybridized carbons (Fsp3) is 0.286. The Morgan fingerprint density at radius 2 is 1.62 bits per heavy atom. The third-order valence-corrected chi connectivity index (χ3v) is 6.77. The average Bonchev–Trinajstić information content (AvgIpc) is 3.31. The van der Waals surface area contributed by atoms with Crippen molar-refractivity contribution in [3.8, 4) is 28.6 Å². The van der Waals surface area contributed by atoms with E-state index in [2.05, 4.69) is 30.0 Å². The molecule has 0 saturated carbocycles. The molecular weight excluding hydrogens is 433 g/mol. The molecule has 176 valence electrons. The lowest BCUT2D eigenvalue weighted by Crippen LogP contribution is -2.33. The normalized spacial score (nSPS) is 15.9. The number of ether oxygens (including phenoxy) is 3. The van der Waals surface area contributed by atoms with Gasteiger partial charge in [-0.15, -0.1) is 0 Å². The van der Waals surface area contributed by atoms with E-state index < -0.39 is 0 Å². The lowest BCUT2D eigenvalue weighted by molar-refractivity contribution is 0.189. The van der Waals surface area contributed by atoms with Crippen molar-refractivity contribution in [2.75, 3.05) is 27.9 Å². The lowest BCUT2D eigenvalue weighted by atomic mass is 9.92. The van der Waals surface area contributed by atoms with Crippen LogP contribution in [0.25, 0.3) is 22.3 Å². The molecule has 1 aliphatic heterocycles. The Bertz CT molecular complexity index is 1330. The summed E-state index contributed by atoms with van der Waals surface area (Å²) in [5.41, 5.74) is 5.24. The number of hydrogen-bond acceptors (Lipinski definition) is 5. The van der Waals surface area contributed by atoms with Crippen LogP contribution in [0.5, 0.6) is 17.2 Å². The van der Waals surface area contributed by atoms with E-state index in [-0.39, 0.29) is 11.9 Å². The van der Waals surface area contributed by atoms with Gasteiger partial charge in [-0.25, -0.2) is 4.39 Å². The first-order chi connectivity index (χ1) is 16.5. The molecule has 1 atom stereocenters. The molecule has 3 aromatic carbocycles. The number of furan rings is 1. The maximum Gasteiger partial charge on any atom is 0.176 e. The lowest BCUT2D eigenvalue weighted by Gasteiger charge is -2.36. The molecular formula is C28H28FNO4. The summed E-state index contributed by atoms with van der Waals surface area (Å²) >= 11 is 0. The minimum absolute atomic E-state index is 0.212. The molecule has 5 nitrogen and oxygen atoms in total. The van der Waals surface area contributed by atoms with Crippen LogP contribution in [0.3, 0.4) is 0 Å². The fourth-order valence-corrected chi connectivity index (χ4v) is 4.84. The number of hydrogen-bond donors (Lipinski definition) is 0. The summed E-state index contributed by atoms with van der Waals surface area (Å²) < 4.78 is 36.2. The van der Waals surface area contributed by atoms with Crippen LogP contribution in [0.2, 0.25) is 0 Å². The van der Waals surface area contributed by atoms with E-state index in [9.17, 15) is 4.39 Å². The molecule has 1 aliphatic rings. The van der Waals surface area contributed by atoms with Crippen molar-refractivity contribution in [3.63, 3.8) is 0 Å². The largest absolute Gasteiger partial charge is 0.493 e. The molecule has 0 amide bonds. The zero-order chi connectivity index (χ0) is 23.8. The molecule has 1 aromatic heterocycles. The van der Waals surface area contributed by atoms with E-state index in [1.165, 1.54) is 23.3 Å². The summed E-state index contributed by atoms with van der Waals surface area (Å²) in [6.45, 7) is 3.92. The summed E-state index contributed by atoms with van der Waals surface area (Å²) in [5.74, 6) is 2.62. The van der Waals surface area contributed by atoms with Gasteiger partial charge in [-0.3, -0.25) is 4.90 Å². The van der Waals surface area contributed by atoms with Crippen LogP contribution >= 0.6 is 0 Å². The van der Waals surface area contributed by atoms with E-state index in [0.717, 1.165) is 47.5 Å². The minimum Gasteiger partial charge on any atom is -0.493 e. The smallest absolute Gasteiger partial charge is 0.176 e. The monoisotopic (exact) mass is 461 g/mol. The highest BCUT2D eigenvalue weighted by atomic mass is 19.1. The highest BCUT2D eigenvalue weighted by Gasteiger charge is 2.27.